The molecule has 2 aromatic heterocycles. The molecule has 2 aliphatic heterocycles. The van der Waals surface area contributed by atoms with Gasteiger partial charge in [-0.15, -0.1) is 11.3 Å². The van der Waals surface area contributed by atoms with Gasteiger partial charge in [-0.2, -0.15) is 0 Å². The van der Waals surface area contributed by atoms with Crippen LogP contribution in [0.5, 0.6) is 0 Å². The molecule has 6 rings (SSSR count). The smallest absolute Gasteiger partial charge is 0.268 e. The number of aromatic nitrogens is 2. The van der Waals surface area contributed by atoms with Crippen LogP contribution in [-0.2, 0) is 27.5 Å². The van der Waals surface area contributed by atoms with Crippen molar-refractivity contribution in [1.82, 2.24) is 24.3 Å². The quantitative estimate of drug-likeness (QED) is 0.327. The third-order valence-corrected chi connectivity index (χ3v) is 10.8. The van der Waals surface area contributed by atoms with E-state index in [-0.39, 0.29) is 23.6 Å². The Bertz CT molecular complexity index is 1590. The fraction of sp³-hybridized carbons (Fsp3) is 0.559. The Morgan fingerprint density at radius 3 is 2.50 bits per heavy atom. The first-order chi connectivity index (χ1) is 22.2. The van der Waals surface area contributed by atoms with Gasteiger partial charge in [0.15, 0.2) is 0 Å². The van der Waals surface area contributed by atoms with Crippen LogP contribution in [0.1, 0.15) is 72.8 Å². The number of aryl methyl sites for hydroxylation is 1. The molecule has 1 N–H and O–H groups in total. The first-order valence-electron chi connectivity index (χ1n) is 16.7. The number of fused-ring (bicyclic) bond motifs is 1. The molecule has 11 nitrogen and oxygen atoms in total. The number of rotatable bonds is 11. The number of carbonyl (C=O) groups excluding carboxylic acids is 4. The van der Waals surface area contributed by atoms with Gasteiger partial charge in [-0.05, 0) is 61.9 Å². The number of hydrogen-bond donors (Lipinski definition) is 1. The second-order valence-corrected chi connectivity index (χ2v) is 14.1. The lowest BCUT2D eigenvalue weighted by molar-refractivity contribution is -0.130. The minimum Gasteiger partial charge on any atom is -0.343 e. The number of amides is 4. The van der Waals surface area contributed by atoms with E-state index >= 15 is 0 Å². The summed E-state index contributed by atoms with van der Waals surface area (Å²) in [6, 6.07) is 9.70. The van der Waals surface area contributed by atoms with Gasteiger partial charge in [0.2, 0.25) is 23.7 Å². The standard InChI is InChI=1S/C34H45N7O4S/c1-24(42)39-19-17-38(18-20-39)23-27-11-13-30(46-27)33(45)36-34-35-28-22-26(37(2)32(44)21-25-7-3-4-8-25)10-12-29(28)41(34)16-6-15-40-14-5-9-31(40)43/h10-13,22,25H,3-9,14-21,23H2,1-2H3,(H,35,36,45). The van der Waals surface area contributed by atoms with Crippen LogP contribution in [0.4, 0.5) is 11.6 Å². The van der Waals surface area contributed by atoms with Gasteiger partial charge in [0.05, 0.1) is 15.9 Å². The van der Waals surface area contributed by atoms with Gasteiger partial charge in [-0.1, -0.05) is 12.8 Å². The number of benzene rings is 1. The molecule has 3 aromatic rings. The van der Waals surface area contributed by atoms with Crippen LogP contribution in [0.25, 0.3) is 11.0 Å². The van der Waals surface area contributed by atoms with Gasteiger partial charge < -0.3 is 19.3 Å². The van der Waals surface area contributed by atoms with Gasteiger partial charge in [-0.3, -0.25) is 29.4 Å². The minimum absolute atomic E-state index is 0.112. The highest BCUT2D eigenvalue weighted by Crippen LogP contribution is 2.30. The Hall–Kier alpha value is -3.77. The molecule has 4 amide bonds. The molecule has 0 atom stereocenters. The minimum atomic E-state index is -0.215. The molecular formula is C34H45N7O4S. The fourth-order valence-corrected chi connectivity index (χ4v) is 7.89. The Balaban J connectivity index is 1.16. The zero-order valence-corrected chi connectivity index (χ0v) is 27.8. The van der Waals surface area contributed by atoms with Crippen molar-refractivity contribution in [3.05, 3.63) is 40.1 Å². The Kier molecular flexibility index (Phi) is 10.0. The third-order valence-electron chi connectivity index (χ3n) is 9.72. The summed E-state index contributed by atoms with van der Waals surface area (Å²) in [5.41, 5.74) is 2.37. The summed E-state index contributed by atoms with van der Waals surface area (Å²) in [5.74, 6) is 1.14. The second-order valence-electron chi connectivity index (χ2n) is 12.9. The van der Waals surface area contributed by atoms with Crippen molar-refractivity contribution in [2.24, 2.45) is 5.92 Å². The van der Waals surface area contributed by atoms with E-state index in [0.717, 1.165) is 81.0 Å². The monoisotopic (exact) mass is 647 g/mol. The SMILES string of the molecule is CC(=O)N1CCN(Cc2ccc(C(=O)Nc3nc4cc(N(C)C(=O)CC5CCCC5)ccc4n3CCCN3CCCC3=O)s2)CC1. The zero-order chi connectivity index (χ0) is 32.2. The average Bonchev–Trinajstić information content (AvgIpc) is 3.86. The van der Waals surface area contributed by atoms with Gasteiger partial charge >= 0.3 is 0 Å². The Morgan fingerprint density at radius 2 is 1.78 bits per heavy atom. The highest BCUT2D eigenvalue weighted by molar-refractivity contribution is 7.14. The van der Waals surface area contributed by atoms with E-state index in [0.29, 0.717) is 48.2 Å². The van der Waals surface area contributed by atoms with E-state index in [1.807, 2.05) is 51.7 Å². The molecule has 246 valence electrons. The van der Waals surface area contributed by atoms with Crippen LogP contribution in [0.3, 0.4) is 0 Å². The molecule has 0 bridgehead atoms. The van der Waals surface area contributed by atoms with Crippen molar-refractivity contribution in [3.8, 4) is 0 Å². The predicted octanol–water partition coefficient (Wildman–Crippen LogP) is 4.57. The van der Waals surface area contributed by atoms with Crippen molar-refractivity contribution >= 4 is 57.6 Å². The maximum atomic E-state index is 13.5. The molecule has 3 aliphatic rings. The number of anilines is 2. The summed E-state index contributed by atoms with van der Waals surface area (Å²) in [6.45, 7) is 7.48. The highest BCUT2D eigenvalue weighted by Gasteiger charge is 2.24. The molecule has 12 heteroatoms. The van der Waals surface area contributed by atoms with Gasteiger partial charge in [0.25, 0.3) is 5.91 Å². The summed E-state index contributed by atoms with van der Waals surface area (Å²) < 4.78 is 2.01. The number of likely N-dealkylation sites (tertiary alicyclic amines) is 1. The maximum absolute atomic E-state index is 13.5. The lowest BCUT2D eigenvalue weighted by Crippen LogP contribution is -2.47. The number of imidazole rings is 1. The summed E-state index contributed by atoms with van der Waals surface area (Å²) in [6.07, 6.45) is 7.48. The number of nitrogens with zero attached hydrogens (tertiary/aromatic N) is 6. The molecule has 0 spiro atoms. The normalized spacial score (nSPS) is 17.7. The molecule has 0 unspecified atom stereocenters. The highest BCUT2D eigenvalue weighted by atomic mass is 32.1. The lowest BCUT2D eigenvalue weighted by Gasteiger charge is -2.33. The summed E-state index contributed by atoms with van der Waals surface area (Å²) in [7, 11) is 1.82. The van der Waals surface area contributed by atoms with E-state index in [1.165, 1.54) is 24.2 Å². The van der Waals surface area contributed by atoms with E-state index in [2.05, 4.69) is 10.2 Å². The van der Waals surface area contributed by atoms with Crippen LogP contribution in [-0.4, -0.2) is 94.2 Å². The van der Waals surface area contributed by atoms with E-state index in [4.69, 9.17) is 4.98 Å². The van der Waals surface area contributed by atoms with Crippen LogP contribution in [0.2, 0.25) is 0 Å². The molecule has 4 heterocycles. The molecule has 46 heavy (non-hydrogen) atoms. The van der Waals surface area contributed by atoms with E-state index in [9.17, 15) is 19.2 Å². The van der Waals surface area contributed by atoms with Crippen molar-refractivity contribution in [2.75, 3.05) is 56.5 Å². The average molecular weight is 648 g/mol. The molecule has 1 aliphatic carbocycles. The van der Waals surface area contributed by atoms with Crippen molar-refractivity contribution in [3.63, 3.8) is 0 Å². The van der Waals surface area contributed by atoms with Crippen LogP contribution < -0.4 is 10.2 Å². The van der Waals surface area contributed by atoms with Gasteiger partial charge in [-0.25, -0.2) is 4.98 Å². The number of thiophene rings is 1. The second kappa shape index (κ2) is 14.3. The van der Waals surface area contributed by atoms with Gasteiger partial charge in [0, 0.05) is 89.7 Å². The number of hydrogen-bond acceptors (Lipinski definition) is 7. The van der Waals surface area contributed by atoms with Crippen LogP contribution in [0, 0.1) is 5.92 Å². The molecule has 2 saturated heterocycles. The summed E-state index contributed by atoms with van der Waals surface area (Å²) >= 11 is 1.47. The third kappa shape index (κ3) is 7.44. The zero-order valence-electron chi connectivity index (χ0n) is 27.0. The largest absolute Gasteiger partial charge is 0.343 e. The number of nitrogens with one attached hydrogen (secondary N) is 1. The van der Waals surface area contributed by atoms with Crippen molar-refractivity contribution in [1.29, 1.82) is 0 Å². The van der Waals surface area contributed by atoms with E-state index < -0.39 is 0 Å². The predicted molar refractivity (Wildman–Crippen MR) is 180 cm³/mol. The van der Waals surface area contributed by atoms with Crippen molar-refractivity contribution < 1.29 is 19.2 Å². The summed E-state index contributed by atoms with van der Waals surface area (Å²) in [5, 5.41) is 3.06. The Labute approximate surface area is 274 Å². The number of piperazine rings is 1. The molecule has 0 radical (unpaired) electrons. The Morgan fingerprint density at radius 1 is 1.00 bits per heavy atom. The molecule has 1 aromatic carbocycles. The molecular weight excluding hydrogens is 602 g/mol. The van der Waals surface area contributed by atoms with Gasteiger partial charge in [0.1, 0.15) is 0 Å². The number of carbonyl (C=O) groups is 4. The van der Waals surface area contributed by atoms with Crippen LogP contribution in [0.15, 0.2) is 30.3 Å². The van der Waals surface area contributed by atoms with Crippen molar-refractivity contribution in [2.45, 2.75) is 71.4 Å². The van der Waals surface area contributed by atoms with E-state index in [1.54, 1.807) is 11.8 Å². The lowest BCUT2D eigenvalue weighted by atomic mass is 10.0. The molecule has 1 saturated carbocycles. The molecule has 3 fully saturated rings. The fourth-order valence-electron chi connectivity index (χ4n) is 6.94. The first-order valence-corrected chi connectivity index (χ1v) is 17.5. The topological polar surface area (TPSA) is 111 Å². The maximum Gasteiger partial charge on any atom is 0.268 e. The summed E-state index contributed by atoms with van der Waals surface area (Å²) in [4.78, 5) is 64.8. The van der Waals surface area contributed by atoms with Crippen LogP contribution >= 0.6 is 11.3 Å². The first kappa shape index (κ1) is 32.2.